The van der Waals surface area contributed by atoms with Crippen molar-refractivity contribution in [2.75, 3.05) is 13.1 Å². The van der Waals surface area contributed by atoms with E-state index in [0.717, 1.165) is 11.3 Å². The third-order valence-electron chi connectivity index (χ3n) is 2.15. The van der Waals surface area contributed by atoms with E-state index in [1.807, 2.05) is 0 Å². The van der Waals surface area contributed by atoms with Crippen LogP contribution < -0.4 is 0 Å². The van der Waals surface area contributed by atoms with Crippen LogP contribution in [0.4, 0.5) is 13.2 Å². The summed E-state index contributed by atoms with van der Waals surface area (Å²) in [5, 5.41) is 1.49. The number of halogens is 4. The van der Waals surface area contributed by atoms with E-state index in [9.17, 15) is 21.6 Å². The molecular formula is C9H11ClF3NO2S2. The molecule has 1 rings (SSSR count). The molecule has 0 N–H and O–H groups in total. The normalized spacial score (nSPS) is 13.2. The predicted molar refractivity (Wildman–Crippen MR) is 64.4 cm³/mol. The lowest BCUT2D eigenvalue weighted by molar-refractivity contribution is -0.135. The van der Waals surface area contributed by atoms with E-state index in [4.69, 9.17) is 11.6 Å². The Labute approximate surface area is 112 Å². The van der Waals surface area contributed by atoms with Crippen LogP contribution in [0, 0.1) is 0 Å². The molecule has 0 aliphatic rings. The summed E-state index contributed by atoms with van der Waals surface area (Å²) >= 11 is 6.67. The number of nitrogens with zero attached hydrogens (tertiary/aromatic N) is 1. The number of hydrogen-bond acceptors (Lipinski definition) is 3. The maximum absolute atomic E-state index is 12.3. The average Bonchev–Trinajstić information content (AvgIpc) is 2.72. The Morgan fingerprint density at radius 1 is 1.44 bits per heavy atom. The molecule has 1 aromatic rings. The second kappa shape index (κ2) is 5.77. The van der Waals surface area contributed by atoms with Crippen LogP contribution in [-0.2, 0) is 15.9 Å². The molecule has 3 nitrogen and oxygen atoms in total. The fraction of sp³-hybridized carbons (Fsp3) is 0.556. The minimum atomic E-state index is -4.57. The monoisotopic (exact) mass is 321 g/mol. The van der Waals surface area contributed by atoms with Crippen molar-refractivity contribution in [2.45, 2.75) is 23.9 Å². The molecule has 0 bridgehead atoms. The third-order valence-corrected chi connectivity index (χ3v) is 5.63. The van der Waals surface area contributed by atoms with Crippen molar-refractivity contribution < 1.29 is 21.6 Å². The lowest BCUT2D eigenvalue weighted by Gasteiger charge is -2.21. The smallest absolute Gasteiger partial charge is 0.207 e. The first-order valence-electron chi connectivity index (χ1n) is 4.91. The van der Waals surface area contributed by atoms with Gasteiger partial charge in [0.15, 0.2) is 0 Å². The molecular weight excluding hydrogens is 311 g/mol. The molecule has 0 aliphatic carbocycles. The minimum Gasteiger partial charge on any atom is -0.207 e. The van der Waals surface area contributed by atoms with Crippen LogP contribution in [0.15, 0.2) is 16.3 Å². The van der Waals surface area contributed by atoms with Gasteiger partial charge in [-0.05, 0) is 11.4 Å². The van der Waals surface area contributed by atoms with E-state index < -0.39 is 22.7 Å². The maximum atomic E-state index is 12.3. The van der Waals surface area contributed by atoms with Crippen molar-refractivity contribution in [1.82, 2.24) is 4.31 Å². The van der Waals surface area contributed by atoms with Crippen molar-refractivity contribution in [2.24, 2.45) is 0 Å². The summed E-state index contributed by atoms with van der Waals surface area (Å²) in [6.45, 7) is -0.390. The van der Waals surface area contributed by atoms with Gasteiger partial charge in [0.25, 0.3) is 0 Å². The van der Waals surface area contributed by atoms with Crippen LogP contribution in [-0.4, -0.2) is 32.0 Å². The molecule has 0 aliphatic heterocycles. The number of alkyl halides is 4. The van der Waals surface area contributed by atoms with Crippen LogP contribution in [0.1, 0.15) is 11.8 Å². The maximum Gasteiger partial charge on any atom is 0.402 e. The zero-order valence-electron chi connectivity index (χ0n) is 9.37. The van der Waals surface area contributed by atoms with E-state index in [0.29, 0.717) is 9.18 Å². The van der Waals surface area contributed by atoms with E-state index in [-0.39, 0.29) is 17.3 Å². The summed E-state index contributed by atoms with van der Waals surface area (Å²) in [4.78, 5) is 0.200. The molecule has 0 spiro atoms. The van der Waals surface area contributed by atoms with Gasteiger partial charge in [0.2, 0.25) is 10.0 Å². The van der Waals surface area contributed by atoms with Crippen molar-refractivity contribution in [3.8, 4) is 0 Å². The number of hydrogen-bond donors (Lipinski definition) is 0. The molecule has 0 saturated carbocycles. The third kappa shape index (κ3) is 3.59. The highest BCUT2D eigenvalue weighted by Gasteiger charge is 2.37. The lowest BCUT2D eigenvalue weighted by Crippen LogP contribution is -2.38. The fourth-order valence-corrected chi connectivity index (χ4v) is 4.47. The van der Waals surface area contributed by atoms with E-state index in [1.54, 1.807) is 0 Å². The van der Waals surface area contributed by atoms with Crippen molar-refractivity contribution in [3.63, 3.8) is 0 Å². The topological polar surface area (TPSA) is 37.4 Å². The highest BCUT2D eigenvalue weighted by molar-refractivity contribution is 7.89. The average molecular weight is 322 g/mol. The molecule has 1 heterocycles. The summed E-state index contributed by atoms with van der Waals surface area (Å²) < 4.78 is 61.5. The van der Waals surface area contributed by atoms with Gasteiger partial charge in [-0.3, -0.25) is 0 Å². The molecule has 104 valence electrons. The Morgan fingerprint density at radius 2 is 2.06 bits per heavy atom. The van der Waals surface area contributed by atoms with E-state index in [2.05, 4.69) is 0 Å². The largest absolute Gasteiger partial charge is 0.402 e. The second-order valence-electron chi connectivity index (χ2n) is 3.39. The second-order valence-corrected chi connectivity index (χ2v) is 6.56. The van der Waals surface area contributed by atoms with Gasteiger partial charge >= 0.3 is 6.18 Å². The quantitative estimate of drug-likeness (QED) is 0.782. The van der Waals surface area contributed by atoms with Gasteiger partial charge in [0.05, 0.1) is 10.8 Å². The van der Waals surface area contributed by atoms with Crippen molar-refractivity contribution >= 4 is 33.0 Å². The predicted octanol–water partition coefficient (Wildman–Crippen LogP) is 3.06. The molecule has 0 unspecified atom stereocenters. The van der Waals surface area contributed by atoms with Gasteiger partial charge in [-0.2, -0.15) is 17.5 Å². The number of sulfonamides is 1. The summed E-state index contributed by atoms with van der Waals surface area (Å²) in [5.74, 6) is -0.0458. The molecule has 0 radical (unpaired) electrons. The van der Waals surface area contributed by atoms with Crippen molar-refractivity contribution in [3.05, 3.63) is 16.3 Å². The first-order valence-corrected chi connectivity index (χ1v) is 7.77. The fourth-order valence-electron chi connectivity index (χ4n) is 1.36. The number of rotatable bonds is 5. The van der Waals surface area contributed by atoms with Crippen LogP contribution >= 0.6 is 22.9 Å². The van der Waals surface area contributed by atoms with Crippen LogP contribution in [0.5, 0.6) is 0 Å². The zero-order chi connectivity index (χ0) is 14.0. The van der Waals surface area contributed by atoms with Crippen LogP contribution in [0.3, 0.4) is 0 Å². The Morgan fingerprint density at radius 3 is 2.50 bits per heavy atom. The summed E-state index contributed by atoms with van der Waals surface area (Å²) in [5.41, 5.74) is 0. The van der Waals surface area contributed by atoms with Gasteiger partial charge in [0.1, 0.15) is 6.54 Å². The van der Waals surface area contributed by atoms with Gasteiger partial charge in [-0.25, -0.2) is 8.42 Å². The molecule has 0 aromatic carbocycles. The van der Waals surface area contributed by atoms with E-state index in [1.165, 1.54) is 18.4 Å². The van der Waals surface area contributed by atoms with Crippen LogP contribution in [0.2, 0.25) is 0 Å². The number of thiophene rings is 1. The van der Waals surface area contributed by atoms with Gasteiger partial charge in [-0.15, -0.1) is 22.9 Å². The zero-order valence-corrected chi connectivity index (χ0v) is 11.8. The Bertz CT molecular complexity index is 498. The van der Waals surface area contributed by atoms with E-state index >= 15 is 0 Å². The van der Waals surface area contributed by atoms with Gasteiger partial charge in [0, 0.05) is 11.4 Å². The SMILES string of the molecule is CCN(CC(F)(F)F)S(=O)(=O)c1ccsc1CCl. The highest BCUT2D eigenvalue weighted by atomic mass is 35.5. The minimum absolute atomic E-state index is 0.0458. The Kier molecular flexibility index (Phi) is 5.05. The lowest BCUT2D eigenvalue weighted by atomic mass is 10.5. The van der Waals surface area contributed by atoms with Gasteiger partial charge < -0.3 is 0 Å². The van der Waals surface area contributed by atoms with Crippen molar-refractivity contribution in [1.29, 1.82) is 0 Å². The standard InChI is InChI=1S/C9H11ClF3NO2S2/c1-2-14(6-9(11,12)13)18(15,16)8-3-4-17-7(8)5-10/h3-4H,2,5-6H2,1H3. The van der Waals surface area contributed by atoms with Gasteiger partial charge in [-0.1, -0.05) is 6.92 Å². The molecule has 0 atom stereocenters. The Hall–Kier alpha value is -0.310. The Balaban J connectivity index is 3.12. The molecule has 0 amide bonds. The first-order chi connectivity index (χ1) is 8.22. The summed E-state index contributed by atoms with van der Waals surface area (Å²) in [6.07, 6.45) is -4.57. The van der Waals surface area contributed by atoms with Crippen LogP contribution in [0.25, 0.3) is 0 Å². The molecule has 18 heavy (non-hydrogen) atoms. The highest BCUT2D eigenvalue weighted by Crippen LogP contribution is 2.28. The molecule has 0 fully saturated rings. The summed E-state index contributed by atoms with van der Waals surface area (Å²) in [7, 11) is -4.14. The summed E-state index contributed by atoms with van der Waals surface area (Å²) in [6, 6.07) is 1.27. The molecule has 1 aromatic heterocycles. The first kappa shape index (κ1) is 15.7. The molecule has 9 heteroatoms. The molecule has 0 saturated heterocycles.